The lowest BCUT2D eigenvalue weighted by Crippen LogP contribution is -2.28. The van der Waals surface area contributed by atoms with Crippen LogP contribution in [-0.4, -0.2) is 19.1 Å². The summed E-state index contributed by atoms with van der Waals surface area (Å²) in [6.07, 6.45) is 0. The van der Waals surface area contributed by atoms with Crippen molar-refractivity contribution in [2.75, 3.05) is 13.2 Å². The van der Waals surface area contributed by atoms with Crippen molar-refractivity contribution >= 4 is 5.91 Å². The maximum absolute atomic E-state index is 13.3. The van der Waals surface area contributed by atoms with Gasteiger partial charge in [-0.2, -0.15) is 0 Å². The number of carbonyl (C=O) groups is 1. The van der Waals surface area contributed by atoms with E-state index in [9.17, 15) is 13.6 Å². The van der Waals surface area contributed by atoms with Crippen LogP contribution in [0, 0.1) is 11.6 Å². The van der Waals surface area contributed by atoms with Crippen LogP contribution in [-0.2, 0) is 0 Å². The largest absolute Gasteiger partial charge is 0.489 e. The fraction of sp³-hybridized carbons (Fsp3) is 0.133. The number of ether oxygens (including phenoxy) is 1. The van der Waals surface area contributed by atoms with E-state index in [-0.39, 0.29) is 24.5 Å². The molecule has 104 valence electrons. The lowest BCUT2D eigenvalue weighted by atomic mass is 10.2. The fourth-order valence-electron chi connectivity index (χ4n) is 1.63. The van der Waals surface area contributed by atoms with Crippen LogP contribution in [0.15, 0.2) is 48.5 Å². The normalized spacial score (nSPS) is 10.1. The first-order valence-electron chi connectivity index (χ1n) is 6.08. The lowest BCUT2D eigenvalue weighted by molar-refractivity contribution is 0.0942. The van der Waals surface area contributed by atoms with Crippen molar-refractivity contribution < 1.29 is 18.3 Å². The van der Waals surface area contributed by atoms with Gasteiger partial charge in [0.05, 0.1) is 12.1 Å². The third-order valence-corrected chi connectivity index (χ3v) is 2.60. The highest BCUT2D eigenvalue weighted by Gasteiger charge is 2.09. The van der Waals surface area contributed by atoms with Gasteiger partial charge in [0, 0.05) is 0 Å². The molecule has 0 aliphatic rings. The molecule has 0 heterocycles. The minimum absolute atomic E-state index is 0.0293. The first kappa shape index (κ1) is 14.0. The molecule has 0 aromatic heterocycles. The third kappa shape index (κ3) is 3.54. The van der Waals surface area contributed by atoms with Gasteiger partial charge in [0.25, 0.3) is 5.91 Å². The summed E-state index contributed by atoms with van der Waals surface area (Å²) in [6, 6.07) is 11.7. The van der Waals surface area contributed by atoms with Crippen LogP contribution in [0.25, 0.3) is 0 Å². The molecular weight excluding hydrogens is 264 g/mol. The molecule has 0 radical (unpaired) electrons. The van der Waals surface area contributed by atoms with Crippen LogP contribution in [0.2, 0.25) is 0 Å². The molecule has 0 spiro atoms. The molecule has 2 aromatic carbocycles. The molecule has 5 heteroatoms. The Morgan fingerprint density at radius 2 is 1.65 bits per heavy atom. The van der Waals surface area contributed by atoms with Crippen molar-refractivity contribution in [1.82, 2.24) is 5.32 Å². The standard InChI is InChI=1S/C15H13F2NO2/c16-12-6-2-1-5-11(12)15(19)18-9-10-20-14-8-4-3-7-13(14)17/h1-8H,9-10H2,(H,18,19). The molecule has 1 amide bonds. The summed E-state index contributed by atoms with van der Waals surface area (Å²) in [5.41, 5.74) is -0.0293. The summed E-state index contributed by atoms with van der Waals surface area (Å²) in [4.78, 5) is 11.7. The maximum Gasteiger partial charge on any atom is 0.254 e. The molecule has 2 aromatic rings. The van der Waals surface area contributed by atoms with Crippen LogP contribution in [0.3, 0.4) is 0 Å². The molecule has 0 fully saturated rings. The zero-order valence-electron chi connectivity index (χ0n) is 10.6. The van der Waals surface area contributed by atoms with E-state index in [1.165, 1.54) is 30.3 Å². The Labute approximate surface area is 115 Å². The number of para-hydroxylation sites is 1. The lowest BCUT2D eigenvalue weighted by Gasteiger charge is -2.08. The number of hydrogen-bond donors (Lipinski definition) is 1. The molecule has 1 N–H and O–H groups in total. The first-order valence-corrected chi connectivity index (χ1v) is 6.08. The van der Waals surface area contributed by atoms with Gasteiger partial charge >= 0.3 is 0 Å². The molecule has 20 heavy (non-hydrogen) atoms. The Kier molecular flexibility index (Phi) is 4.65. The number of nitrogens with one attached hydrogen (secondary N) is 1. The Morgan fingerprint density at radius 1 is 1.00 bits per heavy atom. The Morgan fingerprint density at radius 3 is 2.35 bits per heavy atom. The number of amides is 1. The molecule has 0 saturated heterocycles. The van der Waals surface area contributed by atoms with Crippen molar-refractivity contribution in [1.29, 1.82) is 0 Å². The van der Waals surface area contributed by atoms with Crippen LogP contribution in [0.1, 0.15) is 10.4 Å². The zero-order chi connectivity index (χ0) is 14.4. The summed E-state index contributed by atoms with van der Waals surface area (Å²) in [5.74, 6) is -1.46. The summed E-state index contributed by atoms with van der Waals surface area (Å²) < 4.78 is 31.7. The van der Waals surface area contributed by atoms with E-state index in [4.69, 9.17) is 4.74 Å². The van der Waals surface area contributed by atoms with E-state index in [1.54, 1.807) is 18.2 Å². The van der Waals surface area contributed by atoms with Gasteiger partial charge in [-0.3, -0.25) is 4.79 Å². The van der Waals surface area contributed by atoms with Gasteiger partial charge in [-0.05, 0) is 24.3 Å². The van der Waals surface area contributed by atoms with Crippen LogP contribution >= 0.6 is 0 Å². The molecule has 0 atom stereocenters. The molecule has 0 aliphatic heterocycles. The van der Waals surface area contributed by atoms with Crippen LogP contribution in [0.5, 0.6) is 5.75 Å². The quantitative estimate of drug-likeness (QED) is 0.853. The SMILES string of the molecule is O=C(NCCOc1ccccc1F)c1ccccc1F. The maximum atomic E-state index is 13.3. The second-order valence-electron chi connectivity index (χ2n) is 4.01. The molecule has 0 aliphatic carbocycles. The highest BCUT2D eigenvalue weighted by molar-refractivity contribution is 5.94. The van der Waals surface area contributed by atoms with Crippen molar-refractivity contribution in [3.8, 4) is 5.75 Å². The zero-order valence-corrected chi connectivity index (χ0v) is 10.6. The predicted molar refractivity (Wildman–Crippen MR) is 70.6 cm³/mol. The smallest absolute Gasteiger partial charge is 0.254 e. The summed E-state index contributed by atoms with van der Waals surface area (Å²) in [5, 5.41) is 2.50. The first-order chi connectivity index (χ1) is 9.68. The van der Waals surface area contributed by atoms with Crippen molar-refractivity contribution in [2.24, 2.45) is 0 Å². The van der Waals surface area contributed by atoms with Crippen molar-refractivity contribution in [3.05, 3.63) is 65.7 Å². The molecular formula is C15H13F2NO2. The second kappa shape index (κ2) is 6.65. The molecule has 3 nitrogen and oxygen atoms in total. The van der Waals surface area contributed by atoms with E-state index in [2.05, 4.69) is 5.32 Å². The summed E-state index contributed by atoms with van der Waals surface area (Å²) in [6.45, 7) is 0.253. The van der Waals surface area contributed by atoms with Gasteiger partial charge in [-0.1, -0.05) is 24.3 Å². The van der Waals surface area contributed by atoms with Gasteiger partial charge in [-0.25, -0.2) is 8.78 Å². The highest BCUT2D eigenvalue weighted by atomic mass is 19.1. The second-order valence-corrected chi connectivity index (χ2v) is 4.01. The number of benzene rings is 2. The summed E-state index contributed by atoms with van der Waals surface area (Å²) >= 11 is 0. The average Bonchev–Trinajstić information content (AvgIpc) is 2.45. The topological polar surface area (TPSA) is 38.3 Å². The average molecular weight is 277 g/mol. The molecule has 0 saturated carbocycles. The Balaban J connectivity index is 1.81. The number of carbonyl (C=O) groups excluding carboxylic acids is 1. The van der Waals surface area contributed by atoms with Gasteiger partial charge in [0.15, 0.2) is 11.6 Å². The number of rotatable bonds is 5. The van der Waals surface area contributed by atoms with Crippen molar-refractivity contribution in [3.63, 3.8) is 0 Å². The van der Waals surface area contributed by atoms with Gasteiger partial charge in [0.2, 0.25) is 0 Å². The van der Waals surface area contributed by atoms with Crippen LogP contribution < -0.4 is 10.1 Å². The minimum atomic E-state index is -0.583. The molecule has 0 bridgehead atoms. The van der Waals surface area contributed by atoms with E-state index < -0.39 is 17.5 Å². The highest BCUT2D eigenvalue weighted by Crippen LogP contribution is 2.14. The number of halogens is 2. The summed E-state index contributed by atoms with van der Waals surface area (Å²) in [7, 11) is 0. The van der Waals surface area contributed by atoms with Crippen LogP contribution in [0.4, 0.5) is 8.78 Å². The third-order valence-electron chi connectivity index (χ3n) is 2.60. The van der Waals surface area contributed by atoms with Crippen molar-refractivity contribution in [2.45, 2.75) is 0 Å². The minimum Gasteiger partial charge on any atom is -0.489 e. The van der Waals surface area contributed by atoms with Gasteiger partial charge < -0.3 is 10.1 Å². The number of hydrogen-bond acceptors (Lipinski definition) is 2. The molecule has 2 rings (SSSR count). The predicted octanol–water partition coefficient (Wildman–Crippen LogP) is 2.77. The van der Waals surface area contributed by atoms with Gasteiger partial charge in [0.1, 0.15) is 12.4 Å². The van der Waals surface area contributed by atoms with E-state index in [1.807, 2.05) is 0 Å². The fourth-order valence-corrected chi connectivity index (χ4v) is 1.63. The Hall–Kier alpha value is -2.43. The van der Waals surface area contributed by atoms with Gasteiger partial charge in [-0.15, -0.1) is 0 Å². The monoisotopic (exact) mass is 277 g/mol. The van der Waals surface area contributed by atoms with E-state index in [0.29, 0.717) is 0 Å². The van der Waals surface area contributed by atoms with E-state index >= 15 is 0 Å². The Bertz CT molecular complexity index is 602. The van der Waals surface area contributed by atoms with E-state index in [0.717, 1.165) is 0 Å². The molecule has 0 unspecified atom stereocenters.